The summed E-state index contributed by atoms with van der Waals surface area (Å²) in [6.45, 7) is 6.58. The maximum atomic E-state index is 5.66. The molecule has 0 spiro atoms. The number of aryl methyl sites for hydroxylation is 3. The van der Waals surface area contributed by atoms with Gasteiger partial charge < -0.3 is 9.47 Å². The average molecular weight is 407 g/mol. The van der Waals surface area contributed by atoms with Crippen LogP contribution in [0.15, 0.2) is 60.8 Å². The topological polar surface area (TPSA) is 49.2 Å². The molecule has 152 valence electrons. The first kappa shape index (κ1) is 18.0. The molecule has 3 heterocycles. The van der Waals surface area contributed by atoms with E-state index in [1.54, 1.807) is 0 Å². The minimum atomic E-state index is 0.236. The van der Waals surface area contributed by atoms with Crippen LogP contribution in [0.4, 0.5) is 0 Å². The molecule has 5 nitrogen and oxygen atoms in total. The zero-order valence-corrected chi connectivity index (χ0v) is 17.6. The Kier molecular flexibility index (Phi) is 3.81. The lowest BCUT2D eigenvalue weighted by atomic mass is 10.1. The second-order valence-electron chi connectivity index (χ2n) is 8.14. The van der Waals surface area contributed by atoms with Gasteiger partial charge in [-0.1, -0.05) is 35.9 Å². The molecule has 0 saturated carbocycles. The summed E-state index contributed by atoms with van der Waals surface area (Å²) in [5, 5.41) is 7.08. The molecule has 5 aromatic rings. The molecule has 0 aliphatic carbocycles. The maximum absolute atomic E-state index is 5.66. The molecule has 0 atom stereocenters. The van der Waals surface area contributed by atoms with Crippen molar-refractivity contribution >= 4 is 21.8 Å². The van der Waals surface area contributed by atoms with Crippen molar-refractivity contribution in [2.45, 2.75) is 20.8 Å². The maximum Gasteiger partial charge on any atom is 0.231 e. The van der Waals surface area contributed by atoms with E-state index in [-0.39, 0.29) is 6.79 Å². The summed E-state index contributed by atoms with van der Waals surface area (Å²) in [7, 11) is 0. The van der Waals surface area contributed by atoms with Gasteiger partial charge in [0.15, 0.2) is 11.5 Å². The van der Waals surface area contributed by atoms with Gasteiger partial charge in [-0.25, -0.2) is 4.68 Å². The number of fused-ring (bicyclic) bond motifs is 4. The fourth-order valence-electron chi connectivity index (χ4n) is 4.14. The van der Waals surface area contributed by atoms with Gasteiger partial charge in [-0.3, -0.25) is 4.98 Å². The first-order valence-corrected chi connectivity index (χ1v) is 10.3. The number of rotatable bonds is 2. The average Bonchev–Trinajstić information content (AvgIpc) is 3.39. The third-order valence-corrected chi connectivity index (χ3v) is 6.06. The third-order valence-electron chi connectivity index (χ3n) is 6.06. The van der Waals surface area contributed by atoms with Crippen LogP contribution in [0.3, 0.4) is 0 Å². The van der Waals surface area contributed by atoms with Crippen molar-refractivity contribution in [3.63, 3.8) is 0 Å². The largest absolute Gasteiger partial charge is 0.454 e. The lowest BCUT2D eigenvalue weighted by Crippen LogP contribution is -1.98. The van der Waals surface area contributed by atoms with Gasteiger partial charge in [0.1, 0.15) is 5.69 Å². The second-order valence-corrected chi connectivity index (χ2v) is 8.14. The molecule has 0 N–H and O–H groups in total. The van der Waals surface area contributed by atoms with Crippen LogP contribution in [0.25, 0.3) is 38.8 Å². The summed E-state index contributed by atoms with van der Waals surface area (Å²) in [4.78, 5) is 4.74. The van der Waals surface area contributed by atoms with Crippen molar-refractivity contribution in [2.75, 3.05) is 6.79 Å². The number of benzene rings is 3. The van der Waals surface area contributed by atoms with E-state index in [9.17, 15) is 0 Å². The minimum Gasteiger partial charge on any atom is -0.454 e. The van der Waals surface area contributed by atoms with Crippen molar-refractivity contribution in [2.24, 2.45) is 0 Å². The zero-order valence-electron chi connectivity index (χ0n) is 17.6. The second kappa shape index (κ2) is 6.57. The Hall–Kier alpha value is -3.86. The van der Waals surface area contributed by atoms with Gasteiger partial charge in [0.05, 0.1) is 16.7 Å². The highest BCUT2D eigenvalue weighted by atomic mass is 16.7. The number of aromatic nitrogens is 3. The van der Waals surface area contributed by atoms with E-state index in [4.69, 9.17) is 19.6 Å². The molecule has 0 radical (unpaired) electrons. The monoisotopic (exact) mass is 407 g/mol. The van der Waals surface area contributed by atoms with Gasteiger partial charge in [-0.2, -0.15) is 5.10 Å². The van der Waals surface area contributed by atoms with Crippen LogP contribution >= 0.6 is 0 Å². The van der Waals surface area contributed by atoms with Crippen molar-refractivity contribution in [1.29, 1.82) is 0 Å². The standard InChI is InChI=1S/C26H21N3O2/c1-15-4-7-18(8-5-15)25-21-13-27-22-12-24-23(30-14-31-24)11-20(22)26(21)29(28-25)19-9-6-16(2)17(3)10-19/h4-13H,14H2,1-3H3. The van der Waals surface area contributed by atoms with Crippen molar-refractivity contribution in [3.8, 4) is 28.4 Å². The highest BCUT2D eigenvalue weighted by Crippen LogP contribution is 2.40. The quantitative estimate of drug-likeness (QED) is 0.366. The Morgan fingerprint density at radius 1 is 0.806 bits per heavy atom. The minimum absolute atomic E-state index is 0.236. The van der Waals surface area contributed by atoms with E-state index in [1.807, 2.05) is 23.0 Å². The summed E-state index contributed by atoms with van der Waals surface area (Å²) < 4.78 is 13.3. The van der Waals surface area contributed by atoms with Crippen LogP contribution < -0.4 is 9.47 Å². The summed E-state index contributed by atoms with van der Waals surface area (Å²) in [5.41, 5.74) is 8.59. The Balaban J connectivity index is 1.72. The van der Waals surface area contributed by atoms with Gasteiger partial charge in [-0.05, 0) is 50.1 Å². The lowest BCUT2D eigenvalue weighted by Gasteiger charge is -2.09. The highest BCUT2D eigenvalue weighted by molar-refractivity contribution is 6.09. The number of nitrogens with zero attached hydrogens (tertiary/aromatic N) is 3. The van der Waals surface area contributed by atoms with Crippen molar-refractivity contribution < 1.29 is 9.47 Å². The van der Waals surface area contributed by atoms with Crippen molar-refractivity contribution in [3.05, 3.63) is 77.5 Å². The van der Waals surface area contributed by atoms with Gasteiger partial charge in [0.25, 0.3) is 0 Å². The van der Waals surface area contributed by atoms with Crippen LogP contribution in [-0.2, 0) is 0 Å². The number of hydrogen-bond acceptors (Lipinski definition) is 4. The molecule has 3 aromatic carbocycles. The molecule has 31 heavy (non-hydrogen) atoms. The Bertz CT molecular complexity index is 1480. The third kappa shape index (κ3) is 2.77. The molecule has 0 unspecified atom stereocenters. The van der Waals surface area contributed by atoms with Crippen LogP contribution in [0.5, 0.6) is 11.5 Å². The molecule has 0 amide bonds. The Morgan fingerprint density at radius 2 is 1.58 bits per heavy atom. The van der Waals surface area contributed by atoms with E-state index in [0.29, 0.717) is 0 Å². The predicted octanol–water partition coefficient (Wildman–Crippen LogP) is 5.89. The Labute approximate surface area is 179 Å². The van der Waals surface area contributed by atoms with Crippen LogP contribution in [0, 0.1) is 20.8 Å². The molecule has 1 aliphatic heterocycles. The molecule has 0 saturated heterocycles. The fraction of sp³-hybridized carbons (Fsp3) is 0.154. The summed E-state index contributed by atoms with van der Waals surface area (Å²) in [6, 6.07) is 18.9. The summed E-state index contributed by atoms with van der Waals surface area (Å²) >= 11 is 0. The molecule has 0 bridgehead atoms. The van der Waals surface area contributed by atoms with E-state index in [0.717, 1.165) is 50.2 Å². The first-order chi connectivity index (χ1) is 15.1. The van der Waals surface area contributed by atoms with E-state index < -0.39 is 0 Å². The predicted molar refractivity (Wildman–Crippen MR) is 122 cm³/mol. The zero-order chi connectivity index (χ0) is 21.1. The smallest absolute Gasteiger partial charge is 0.231 e. The molecule has 5 heteroatoms. The number of ether oxygens (including phenoxy) is 2. The molecule has 6 rings (SSSR count). The normalized spacial score (nSPS) is 12.7. The lowest BCUT2D eigenvalue weighted by molar-refractivity contribution is 0.174. The van der Waals surface area contributed by atoms with Gasteiger partial charge in [0.2, 0.25) is 6.79 Å². The van der Waals surface area contributed by atoms with Crippen LogP contribution in [-0.4, -0.2) is 21.6 Å². The molecule has 2 aromatic heterocycles. The molecular weight excluding hydrogens is 386 g/mol. The van der Waals surface area contributed by atoms with E-state index in [1.165, 1.54) is 16.7 Å². The van der Waals surface area contributed by atoms with Gasteiger partial charge in [-0.15, -0.1) is 0 Å². The molecule has 1 aliphatic rings. The highest BCUT2D eigenvalue weighted by Gasteiger charge is 2.21. The number of hydrogen-bond donors (Lipinski definition) is 0. The molecular formula is C26H21N3O2. The van der Waals surface area contributed by atoms with E-state index >= 15 is 0 Å². The van der Waals surface area contributed by atoms with Gasteiger partial charge in [0, 0.05) is 28.6 Å². The number of pyridine rings is 1. The Morgan fingerprint density at radius 3 is 2.35 bits per heavy atom. The van der Waals surface area contributed by atoms with Crippen LogP contribution in [0.2, 0.25) is 0 Å². The summed E-state index contributed by atoms with van der Waals surface area (Å²) in [5.74, 6) is 1.47. The van der Waals surface area contributed by atoms with E-state index in [2.05, 4.69) is 63.2 Å². The SMILES string of the molecule is Cc1ccc(-c2nn(-c3ccc(C)c(C)c3)c3c2cnc2cc4c(cc23)OCO4)cc1. The van der Waals surface area contributed by atoms with Crippen LogP contribution in [0.1, 0.15) is 16.7 Å². The van der Waals surface area contributed by atoms with Crippen molar-refractivity contribution in [1.82, 2.24) is 14.8 Å². The van der Waals surface area contributed by atoms with Gasteiger partial charge >= 0.3 is 0 Å². The first-order valence-electron chi connectivity index (χ1n) is 10.3. The summed E-state index contributed by atoms with van der Waals surface area (Å²) in [6.07, 6.45) is 1.92. The molecule has 0 fully saturated rings. The fourth-order valence-corrected chi connectivity index (χ4v) is 4.14.